The molecule has 1 saturated heterocycles. The number of amides is 1. The van der Waals surface area contributed by atoms with Crippen molar-refractivity contribution >= 4 is 11.4 Å². The maximum atomic E-state index is 14.2. The van der Waals surface area contributed by atoms with Crippen LogP contribution in [0.15, 0.2) is 48.7 Å². The number of aromatic nitrogens is 2. The maximum Gasteiger partial charge on any atom is 0.274 e. The molecule has 1 aliphatic heterocycles. The minimum atomic E-state index is -0.477. The van der Waals surface area contributed by atoms with Gasteiger partial charge in [0.2, 0.25) is 0 Å². The first kappa shape index (κ1) is 18.6. The average molecular weight is 381 g/mol. The van der Waals surface area contributed by atoms with E-state index in [0.717, 1.165) is 11.3 Å². The van der Waals surface area contributed by atoms with E-state index in [4.69, 9.17) is 9.72 Å². The highest BCUT2D eigenvalue weighted by Crippen LogP contribution is 2.28. The zero-order valence-corrected chi connectivity index (χ0v) is 16.4. The fourth-order valence-corrected chi connectivity index (χ4v) is 3.63. The van der Waals surface area contributed by atoms with Crippen LogP contribution in [0.5, 0.6) is 0 Å². The predicted molar refractivity (Wildman–Crippen MR) is 105 cm³/mol. The van der Waals surface area contributed by atoms with Gasteiger partial charge in [-0.3, -0.25) is 4.79 Å². The number of rotatable bonds is 2. The van der Waals surface area contributed by atoms with Crippen LogP contribution in [0.3, 0.4) is 0 Å². The number of morpholine rings is 1. The van der Waals surface area contributed by atoms with E-state index in [1.165, 1.54) is 6.07 Å². The van der Waals surface area contributed by atoms with Crippen molar-refractivity contribution in [3.8, 4) is 0 Å². The summed E-state index contributed by atoms with van der Waals surface area (Å²) in [5.74, 6) is 0.374. The minimum absolute atomic E-state index is 0.149. The second-order valence-corrected chi connectivity index (χ2v) is 8.12. The van der Waals surface area contributed by atoms with Crippen LogP contribution in [0.2, 0.25) is 0 Å². The van der Waals surface area contributed by atoms with E-state index in [2.05, 4.69) is 20.8 Å². The summed E-state index contributed by atoms with van der Waals surface area (Å²) in [6.45, 7) is 7.35. The summed E-state index contributed by atoms with van der Waals surface area (Å²) in [6, 6.07) is 12.3. The normalized spacial score (nSPS) is 17.9. The summed E-state index contributed by atoms with van der Waals surface area (Å²) in [6.07, 6.45) is 1.45. The monoisotopic (exact) mass is 381 g/mol. The fourth-order valence-electron chi connectivity index (χ4n) is 3.63. The molecule has 0 spiro atoms. The first-order valence-electron chi connectivity index (χ1n) is 9.49. The van der Waals surface area contributed by atoms with Crippen molar-refractivity contribution in [2.75, 3.05) is 19.7 Å². The van der Waals surface area contributed by atoms with Crippen LogP contribution >= 0.6 is 0 Å². The van der Waals surface area contributed by atoms with Gasteiger partial charge >= 0.3 is 0 Å². The SMILES string of the molecule is CC(C)(C)c1nc(C(=O)N2CCOC(c3ccccc3F)C2)c2ccccn12. The summed E-state index contributed by atoms with van der Waals surface area (Å²) >= 11 is 0. The van der Waals surface area contributed by atoms with Crippen molar-refractivity contribution in [2.45, 2.75) is 32.3 Å². The van der Waals surface area contributed by atoms with Gasteiger partial charge in [0, 0.05) is 23.7 Å². The van der Waals surface area contributed by atoms with Gasteiger partial charge in [0.1, 0.15) is 17.7 Å². The first-order chi connectivity index (χ1) is 13.4. The Hall–Kier alpha value is -2.73. The lowest BCUT2D eigenvalue weighted by molar-refractivity contribution is -0.0244. The van der Waals surface area contributed by atoms with Crippen molar-refractivity contribution < 1.29 is 13.9 Å². The van der Waals surface area contributed by atoms with Crippen LogP contribution < -0.4 is 0 Å². The van der Waals surface area contributed by atoms with Crippen molar-refractivity contribution in [1.29, 1.82) is 0 Å². The Kier molecular flexibility index (Phi) is 4.67. The molecule has 1 unspecified atom stereocenters. The zero-order chi connectivity index (χ0) is 19.9. The van der Waals surface area contributed by atoms with E-state index in [0.29, 0.717) is 31.0 Å². The van der Waals surface area contributed by atoms with Crippen molar-refractivity contribution in [3.63, 3.8) is 0 Å². The van der Waals surface area contributed by atoms with E-state index >= 15 is 0 Å². The Bertz CT molecular complexity index is 1020. The number of nitrogens with zero attached hydrogens (tertiary/aromatic N) is 3. The molecule has 28 heavy (non-hydrogen) atoms. The van der Waals surface area contributed by atoms with E-state index in [-0.39, 0.29) is 17.1 Å². The number of pyridine rings is 1. The number of hydrogen-bond donors (Lipinski definition) is 0. The van der Waals surface area contributed by atoms with Crippen LogP contribution in [0.4, 0.5) is 4.39 Å². The van der Waals surface area contributed by atoms with E-state index in [9.17, 15) is 9.18 Å². The summed E-state index contributed by atoms with van der Waals surface area (Å²) in [7, 11) is 0. The van der Waals surface area contributed by atoms with Gasteiger partial charge in [-0.1, -0.05) is 45.0 Å². The van der Waals surface area contributed by atoms with Gasteiger partial charge < -0.3 is 14.0 Å². The van der Waals surface area contributed by atoms with Crippen molar-refractivity contribution in [1.82, 2.24) is 14.3 Å². The molecule has 2 aromatic heterocycles. The lowest BCUT2D eigenvalue weighted by Gasteiger charge is -2.33. The Morgan fingerprint density at radius 3 is 2.68 bits per heavy atom. The summed E-state index contributed by atoms with van der Waals surface area (Å²) in [4.78, 5) is 19.7. The molecule has 146 valence electrons. The Morgan fingerprint density at radius 2 is 1.93 bits per heavy atom. The smallest absolute Gasteiger partial charge is 0.274 e. The van der Waals surface area contributed by atoms with E-state index in [1.54, 1.807) is 23.1 Å². The molecule has 1 fully saturated rings. The number of imidazole rings is 1. The fraction of sp³-hybridized carbons (Fsp3) is 0.364. The van der Waals surface area contributed by atoms with Crippen LogP contribution in [0.1, 0.15) is 48.8 Å². The highest BCUT2D eigenvalue weighted by atomic mass is 19.1. The lowest BCUT2D eigenvalue weighted by Crippen LogP contribution is -2.42. The third kappa shape index (κ3) is 3.29. The highest BCUT2D eigenvalue weighted by molar-refractivity contribution is 5.99. The van der Waals surface area contributed by atoms with Gasteiger partial charge in [-0.15, -0.1) is 0 Å². The maximum absolute atomic E-state index is 14.2. The van der Waals surface area contributed by atoms with Crippen molar-refractivity contribution in [2.24, 2.45) is 0 Å². The van der Waals surface area contributed by atoms with Gasteiger partial charge in [0.05, 0.1) is 18.7 Å². The molecule has 0 saturated carbocycles. The van der Waals surface area contributed by atoms with Gasteiger partial charge in [0.25, 0.3) is 5.91 Å². The first-order valence-corrected chi connectivity index (χ1v) is 9.49. The number of benzene rings is 1. The zero-order valence-electron chi connectivity index (χ0n) is 16.4. The number of fused-ring (bicyclic) bond motifs is 1. The molecule has 6 heteroatoms. The van der Waals surface area contributed by atoms with E-state index < -0.39 is 6.10 Å². The average Bonchev–Trinajstić information content (AvgIpc) is 3.08. The number of carbonyl (C=O) groups is 1. The second kappa shape index (κ2) is 7.02. The third-order valence-electron chi connectivity index (χ3n) is 5.03. The number of halogens is 1. The molecule has 0 bridgehead atoms. The molecule has 3 aromatic rings. The molecular weight excluding hydrogens is 357 g/mol. The second-order valence-electron chi connectivity index (χ2n) is 8.12. The molecule has 0 radical (unpaired) electrons. The van der Waals surface area contributed by atoms with Crippen LogP contribution in [-0.2, 0) is 10.2 Å². The van der Waals surface area contributed by atoms with Gasteiger partial charge in [-0.2, -0.15) is 0 Å². The number of hydrogen-bond acceptors (Lipinski definition) is 3. The van der Waals surface area contributed by atoms with Crippen LogP contribution in [0, 0.1) is 5.82 Å². The Morgan fingerprint density at radius 1 is 1.18 bits per heavy atom. The quantitative estimate of drug-likeness (QED) is 0.674. The van der Waals surface area contributed by atoms with Crippen LogP contribution in [0.25, 0.3) is 5.52 Å². The molecule has 0 N–H and O–H groups in total. The predicted octanol–water partition coefficient (Wildman–Crippen LogP) is 3.98. The van der Waals surface area contributed by atoms with Gasteiger partial charge in [-0.25, -0.2) is 9.37 Å². The van der Waals surface area contributed by atoms with Crippen molar-refractivity contribution in [3.05, 3.63) is 71.6 Å². The summed E-state index contributed by atoms with van der Waals surface area (Å²) in [5.41, 5.74) is 1.49. The largest absolute Gasteiger partial charge is 0.370 e. The Labute approximate surface area is 163 Å². The molecule has 1 amide bonds. The van der Waals surface area contributed by atoms with E-state index in [1.807, 2.05) is 28.8 Å². The lowest BCUT2D eigenvalue weighted by atomic mass is 9.96. The molecule has 3 heterocycles. The molecular formula is C22H24FN3O2. The standard InChI is InChI=1S/C22H24FN3O2/c1-22(2,3)21-24-19(17-10-6-7-11-26(17)21)20(27)25-12-13-28-18(14-25)15-8-4-5-9-16(15)23/h4-11,18H,12-14H2,1-3H3. The molecule has 1 atom stereocenters. The van der Waals surface area contributed by atoms with Gasteiger partial charge in [0.15, 0.2) is 5.69 Å². The third-order valence-corrected chi connectivity index (χ3v) is 5.03. The molecule has 1 aromatic carbocycles. The topological polar surface area (TPSA) is 46.8 Å². The molecule has 4 rings (SSSR count). The van der Waals surface area contributed by atoms with Gasteiger partial charge in [-0.05, 0) is 18.2 Å². The number of ether oxygens (including phenoxy) is 1. The molecule has 5 nitrogen and oxygen atoms in total. The Balaban J connectivity index is 1.67. The highest BCUT2D eigenvalue weighted by Gasteiger charge is 2.31. The summed E-state index contributed by atoms with van der Waals surface area (Å²) in [5, 5.41) is 0. The van der Waals surface area contributed by atoms with Crippen LogP contribution in [-0.4, -0.2) is 39.9 Å². The number of carbonyl (C=O) groups excluding carboxylic acids is 1. The molecule has 1 aliphatic rings. The minimum Gasteiger partial charge on any atom is -0.370 e. The summed E-state index contributed by atoms with van der Waals surface area (Å²) < 4.78 is 21.9. The molecule has 0 aliphatic carbocycles.